The van der Waals surface area contributed by atoms with E-state index >= 15 is 0 Å². The molecule has 1 heterocycles. The highest BCUT2D eigenvalue weighted by Crippen LogP contribution is 2.29. The lowest BCUT2D eigenvalue weighted by atomic mass is 9.97. The first-order valence-corrected chi connectivity index (χ1v) is 4.30. The van der Waals surface area contributed by atoms with E-state index in [0.29, 0.717) is 5.69 Å². The summed E-state index contributed by atoms with van der Waals surface area (Å²) in [5.41, 5.74) is 0.644. The third-order valence-corrected chi connectivity index (χ3v) is 2.20. The molecule has 72 valence electrons. The molecule has 1 aliphatic rings. The van der Waals surface area contributed by atoms with Gasteiger partial charge < -0.3 is 0 Å². The Kier molecular flexibility index (Phi) is 2.14. The van der Waals surface area contributed by atoms with Gasteiger partial charge in [-0.3, -0.25) is 15.2 Å². The largest absolute Gasteiger partial charge is 0.310 e. The maximum absolute atomic E-state index is 10.6. The van der Waals surface area contributed by atoms with Gasteiger partial charge in [0.05, 0.1) is 4.92 Å². The van der Waals surface area contributed by atoms with Gasteiger partial charge in [0.1, 0.15) is 11.9 Å². The summed E-state index contributed by atoms with van der Waals surface area (Å²) in [5, 5.41) is 17.0. The van der Waals surface area contributed by atoms with Crippen LogP contribution in [0.2, 0.25) is 0 Å². The van der Waals surface area contributed by atoms with Gasteiger partial charge in [0.2, 0.25) is 0 Å². The average molecular weight is 191 g/mol. The maximum Gasteiger partial charge on any atom is 0.310 e. The number of allylic oxidation sites excluding steroid dienone is 4. The minimum atomic E-state index is -0.412. The number of nitrogens with zero attached hydrogens (tertiary/aromatic N) is 2. The van der Waals surface area contributed by atoms with Crippen molar-refractivity contribution in [2.24, 2.45) is 0 Å². The fraction of sp³-hybridized carbons (Fsp3) is 0.222. The molecule has 14 heavy (non-hydrogen) atoms. The fourth-order valence-electron chi connectivity index (χ4n) is 1.50. The summed E-state index contributed by atoms with van der Waals surface area (Å²) < 4.78 is 0. The number of hydrogen-bond acceptors (Lipinski definition) is 3. The predicted molar refractivity (Wildman–Crippen MR) is 50.9 cm³/mol. The van der Waals surface area contributed by atoms with E-state index in [4.69, 9.17) is 0 Å². The second-order valence-corrected chi connectivity index (χ2v) is 3.08. The Morgan fingerprint density at radius 2 is 2.43 bits per heavy atom. The van der Waals surface area contributed by atoms with Gasteiger partial charge >= 0.3 is 5.69 Å². The Balaban J connectivity index is 2.32. The van der Waals surface area contributed by atoms with Gasteiger partial charge in [0.15, 0.2) is 0 Å². The molecule has 5 heteroatoms. The van der Waals surface area contributed by atoms with E-state index in [1.807, 2.05) is 24.3 Å². The van der Waals surface area contributed by atoms with E-state index in [2.05, 4.69) is 10.2 Å². The molecule has 0 aromatic carbocycles. The molecule has 1 aromatic rings. The molecule has 0 aliphatic heterocycles. The normalized spacial score (nSPS) is 19.9. The van der Waals surface area contributed by atoms with E-state index < -0.39 is 4.92 Å². The molecule has 0 spiro atoms. The van der Waals surface area contributed by atoms with Gasteiger partial charge in [-0.05, 0) is 6.42 Å². The Hall–Kier alpha value is -1.91. The summed E-state index contributed by atoms with van der Waals surface area (Å²) in [6, 6.07) is 0. The van der Waals surface area contributed by atoms with Gasteiger partial charge in [-0.25, -0.2) is 0 Å². The van der Waals surface area contributed by atoms with E-state index in [-0.39, 0.29) is 11.6 Å². The second kappa shape index (κ2) is 3.45. The molecular weight excluding hydrogens is 182 g/mol. The lowest BCUT2D eigenvalue weighted by Crippen LogP contribution is -2.00. The quantitative estimate of drug-likeness (QED) is 0.573. The van der Waals surface area contributed by atoms with Crippen molar-refractivity contribution in [3.05, 3.63) is 46.3 Å². The minimum absolute atomic E-state index is 0.0444. The van der Waals surface area contributed by atoms with E-state index in [1.54, 1.807) is 0 Å². The molecule has 1 unspecified atom stereocenters. The standard InChI is InChI=1S/C9H9N3O2/c13-12(14)8-6-10-11-9(8)7-4-2-1-3-5-7/h1-4,6-7H,5H2,(H,10,11). The molecule has 1 N–H and O–H groups in total. The van der Waals surface area contributed by atoms with Crippen LogP contribution in [0.1, 0.15) is 18.0 Å². The summed E-state index contributed by atoms with van der Waals surface area (Å²) in [5.74, 6) is 0.0444. The minimum Gasteiger partial charge on any atom is -0.275 e. The van der Waals surface area contributed by atoms with Gasteiger partial charge in [0.25, 0.3) is 0 Å². The smallest absolute Gasteiger partial charge is 0.275 e. The van der Waals surface area contributed by atoms with E-state index in [9.17, 15) is 10.1 Å². The molecule has 0 radical (unpaired) electrons. The van der Waals surface area contributed by atoms with Crippen molar-refractivity contribution in [3.8, 4) is 0 Å². The molecular formula is C9H9N3O2. The lowest BCUT2D eigenvalue weighted by Gasteiger charge is -2.09. The van der Waals surface area contributed by atoms with Crippen LogP contribution in [-0.4, -0.2) is 15.1 Å². The van der Waals surface area contributed by atoms with Crippen LogP contribution in [0.5, 0.6) is 0 Å². The number of aromatic amines is 1. The zero-order valence-electron chi connectivity index (χ0n) is 7.38. The van der Waals surface area contributed by atoms with Crippen LogP contribution in [0.4, 0.5) is 5.69 Å². The van der Waals surface area contributed by atoms with Gasteiger partial charge in [-0.1, -0.05) is 24.3 Å². The zero-order chi connectivity index (χ0) is 9.97. The summed E-state index contributed by atoms with van der Waals surface area (Å²) >= 11 is 0. The van der Waals surface area contributed by atoms with Crippen LogP contribution in [0.15, 0.2) is 30.5 Å². The van der Waals surface area contributed by atoms with Gasteiger partial charge in [-0.15, -0.1) is 0 Å². The Bertz CT molecular complexity index is 406. The van der Waals surface area contributed by atoms with E-state index in [1.165, 1.54) is 6.20 Å². The molecule has 0 fully saturated rings. The van der Waals surface area contributed by atoms with Gasteiger partial charge in [0, 0.05) is 5.92 Å². The Morgan fingerprint density at radius 1 is 1.57 bits per heavy atom. The van der Waals surface area contributed by atoms with Crippen molar-refractivity contribution in [1.29, 1.82) is 0 Å². The average Bonchev–Trinajstić information content (AvgIpc) is 2.67. The number of H-pyrrole nitrogens is 1. The third-order valence-electron chi connectivity index (χ3n) is 2.20. The highest BCUT2D eigenvalue weighted by molar-refractivity contribution is 5.38. The van der Waals surface area contributed by atoms with Gasteiger partial charge in [-0.2, -0.15) is 5.10 Å². The maximum atomic E-state index is 10.6. The lowest BCUT2D eigenvalue weighted by molar-refractivity contribution is -0.385. The van der Waals surface area contributed by atoms with Crippen molar-refractivity contribution in [2.75, 3.05) is 0 Å². The molecule has 1 atom stereocenters. The number of nitro groups is 1. The number of aromatic nitrogens is 2. The topological polar surface area (TPSA) is 71.8 Å². The highest BCUT2D eigenvalue weighted by Gasteiger charge is 2.22. The number of hydrogen-bond donors (Lipinski definition) is 1. The second-order valence-electron chi connectivity index (χ2n) is 3.08. The number of nitrogens with one attached hydrogen (secondary N) is 1. The molecule has 0 amide bonds. The van der Waals surface area contributed by atoms with E-state index in [0.717, 1.165) is 6.42 Å². The summed E-state index contributed by atoms with van der Waals surface area (Å²) in [4.78, 5) is 10.2. The Morgan fingerprint density at radius 3 is 3.07 bits per heavy atom. The van der Waals surface area contributed by atoms with Crippen LogP contribution < -0.4 is 0 Å². The number of rotatable bonds is 2. The molecule has 0 bridgehead atoms. The highest BCUT2D eigenvalue weighted by atomic mass is 16.6. The third kappa shape index (κ3) is 1.44. The van der Waals surface area contributed by atoms with Crippen molar-refractivity contribution >= 4 is 5.69 Å². The summed E-state index contributed by atoms with van der Waals surface area (Å²) in [6.07, 6.45) is 9.76. The van der Waals surface area contributed by atoms with Crippen LogP contribution in [0.25, 0.3) is 0 Å². The molecule has 1 aliphatic carbocycles. The van der Waals surface area contributed by atoms with Crippen molar-refractivity contribution < 1.29 is 4.92 Å². The SMILES string of the molecule is O=[N+]([O-])c1cn[nH]c1C1C=CC=CC1. The summed E-state index contributed by atoms with van der Waals surface area (Å²) in [6.45, 7) is 0. The van der Waals surface area contributed by atoms with Crippen molar-refractivity contribution in [1.82, 2.24) is 10.2 Å². The first-order valence-electron chi connectivity index (χ1n) is 4.30. The zero-order valence-corrected chi connectivity index (χ0v) is 7.38. The molecule has 1 aromatic heterocycles. The molecule has 0 saturated heterocycles. The van der Waals surface area contributed by atoms with Crippen LogP contribution >= 0.6 is 0 Å². The van der Waals surface area contributed by atoms with Crippen LogP contribution in [0, 0.1) is 10.1 Å². The van der Waals surface area contributed by atoms with Crippen molar-refractivity contribution in [3.63, 3.8) is 0 Å². The monoisotopic (exact) mass is 191 g/mol. The summed E-state index contributed by atoms with van der Waals surface area (Å²) in [7, 11) is 0. The molecule has 0 saturated carbocycles. The fourth-order valence-corrected chi connectivity index (χ4v) is 1.50. The first kappa shape index (κ1) is 8.68. The van der Waals surface area contributed by atoms with Crippen molar-refractivity contribution in [2.45, 2.75) is 12.3 Å². The predicted octanol–water partition coefficient (Wildman–Crippen LogP) is 1.92. The first-order chi connectivity index (χ1) is 6.79. The molecule has 5 nitrogen and oxygen atoms in total. The van der Waals surface area contributed by atoms with Crippen LogP contribution in [0.3, 0.4) is 0 Å². The van der Waals surface area contributed by atoms with Crippen LogP contribution in [-0.2, 0) is 0 Å². The Labute approximate surface area is 80.3 Å². The molecule has 2 rings (SSSR count).